The summed E-state index contributed by atoms with van der Waals surface area (Å²) >= 11 is 6.31. The number of ether oxygens (including phenoxy) is 1. The molecule has 3 heteroatoms. The molecule has 2 aromatic carbocycles. The fourth-order valence-electron chi connectivity index (χ4n) is 2.40. The number of benzene rings is 2. The molecule has 0 amide bonds. The minimum Gasteiger partial charge on any atom is -0.496 e. The number of nitrogens with two attached hydrogens (primary N) is 1. The topological polar surface area (TPSA) is 35.2 Å². The zero-order valence-electron chi connectivity index (χ0n) is 12.1. The Kier molecular flexibility index (Phi) is 4.36. The maximum atomic E-state index is 6.51. The van der Waals surface area contributed by atoms with Crippen LogP contribution in [0.3, 0.4) is 0 Å². The predicted octanol–water partition coefficient (Wildman–Crippen LogP) is 4.07. The van der Waals surface area contributed by atoms with Crippen LogP contribution in [0.5, 0.6) is 5.75 Å². The average Bonchev–Trinajstić information content (AvgIpc) is 2.42. The third-order valence-electron chi connectivity index (χ3n) is 3.49. The first-order valence-corrected chi connectivity index (χ1v) is 6.99. The Morgan fingerprint density at radius 2 is 1.90 bits per heavy atom. The molecule has 0 bridgehead atoms. The molecule has 0 fully saturated rings. The van der Waals surface area contributed by atoms with Crippen LogP contribution in [0.4, 0.5) is 0 Å². The molecule has 1 atom stereocenters. The Bertz CT molecular complexity index is 608. The molecule has 2 nitrogen and oxygen atoms in total. The molecule has 2 N–H and O–H groups in total. The summed E-state index contributed by atoms with van der Waals surface area (Å²) in [6, 6.07) is 13.9. The van der Waals surface area contributed by atoms with Crippen LogP contribution in [0.2, 0.25) is 5.02 Å². The van der Waals surface area contributed by atoms with Crippen molar-refractivity contribution in [3.8, 4) is 5.75 Å². The van der Waals surface area contributed by atoms with Crippen molar-refractivity contribution in [2.45, 2.75) is 25.8 Å². The molecule has 0 aliphatic heterocycles. The molecule has 0 spiro atoms. The fraction of sp³-hybridized carbons (Fsp3) is 0.294. The van der Waals surface area contributed by atoms with E-state index in [2.05, 4.69) is 6.07 Å². The van der Waals surface area contributed by atoms with Crippen LogP contribution < -0.4 is 10.5 Å². The molecule has 0 saturated heterocycles. The Labute approximate surface area is 125 Å². The lowest BCUT2D eigenvalue weighted by atomic mass is 9.86. The summed E-state index contributed by atoms with van der Waals surface area (Å²) in [5, 5.41) is 0.761. The van der Waals surface area contributed by atoms with Gasteiger partial charge in [-0.15, -0.1) is 0 Å². The summed E-state index contributed by atoms with van der Waals surface area (Å²) in [4.78, 5) is 0. The van der Waals surface area contributed by atoms with E-state index in [1.165, 1.54) is 0 Å². The molecule has 0 radical (unpaired) electrons. The van der Waals surface area contributed by atoms with Gasteiger partial charge in [0.25, 0.3) is 0 Å². The standard InChI is InChI=1S/C17H20ClNO/c1-12-8-9-13(15(18)10-12)11-17(2,19)14-6-4-5-7-16(14)20-3/h4-10H,11,19H2,1-3H3. The van der Waals surface area contributed by atoms with Gasteiger partial charge in [-0.25, -0.2) is 0 Å². The number of methoxy groups -OCH3 is 1. The maximum Gasteiger partial charge on any atom is 0.123 e. The summed E-state index contributed by atoms with van der Waals surface area (Å²) in [6.45, 7) is 4.03. The lowest BCUT2D eigenvalue weighted by molar-refractivity contribution is 0.386. The van der Waals surface area contributed by atoms with Crippen LogP contribution in [-0.4, -0.2) is 7.11 Å². The lowest BCUT2D eigenvalue weighted by Crippen LogP contribution is -2.36. The second kappa shape index (κ2) is 5.86. The van der Waals surface area contributed by atoms with Gasteiger partial charge in [-0.05, 0) is 43.5 Å². The molecule has 1 unspecified atom stereocenters. The van der Waals surface area contributed by atoms with Gasteiger partial charge >= 0.3 is 0 Å². The largest absolute Gasteiger partial charge is 0.496 e. The second-order valence-electron chi connectivity index (χ2n) is 5.39. The van der Waals surface area contributed by atoms with Crippen molar-refractivity contribution in [3.63, 3.8) is 0 Å². The van der Waals surface area contributed by atoms with Crippen molar-refractivity contribution in [1.29, 1.82) is 0 Å². The highest BCUT2D eigenvalue weighted by Crippen LogP contribution is 2.32. The van der Waals surface area contributed by atoms with E-state index in [1.807, 2.05) is 50.2 Å². The minimum absolute atomic E-state index is 0.536. The third kappa shape index (κ3) is 3.14. The summed E-state index contributed by atoms with van der Waals surface area (Å²) in [6.07, 6.45) is 0.659. The van der Waals surface area contributed by atoms with Gasteiger partial charge < -0.3 is 10.5 Å². The summed E-state index contributed by atoms with van der Waals surface area (Å²) in [5.41, 5.74) is 9.16. The zero-order chi connectivity index (χ0) is 14.8. The smallest absolute Gasteiger partial charge is 0.123 e. The van der Waals surface area contributed by atoms with Crippen LogP contribution in [0, 0.1) is 6.92 Å². The van der Waals surface area contributed by atoms with Crippen molar-refractivity contribution in [2.75, 3.05) is 7.11 Å². The normalized spacial score (nSPS) is 13.8. The van der Waals surface area contributed by atoms with Crippen molar-refractivity contribution in [3.05, 3.63) is 64.2 Å². The number of aryl methyl sites for hydroxylation is 1. The van der Waals surface area contributed by atoms with Gasteiger partial charge in [0.05, 0.1) is 7.11 Å². The predicted molar refractivity (Wildman–Crippen MR) is 84.4 cm³/mol. The fourth-order valence-corrected chi connectivity index (χ4v) is 2.70. The van der Waals surface area contributed by atoms with Gasteiger partial charge in [-0.2, -0.15) is 0 Å². The quantitative estimate of drug-likeness (QED) is 0.921. The second-order valence-corrected chi connectivity index (χ2v) is 5.80. The van der Waals surface area contributed by atoms with E-state index in [-0.39, 0.29) is 0 Å². The van der Waals surface area contributed by atoms with Gasteiger partial charge in [0.15, 0.2) is 0 Å². The number of halogens is 1. The highest BCUT2D eigenvalue weighted by molar-refractivity contribution is 6.31. The van der Waals surface area contributed by atoms with Crippen molar-refractivity contribution in [1.82, 2.24) is 0 Å². The van der Waals surface area contributed by atoms with Gasteiger partial charge in [0, 0.05) is 16.1 Å². The van der Waals surface area contributed by atoms with Crippen LogP contribution in [0.15, 0.2) is 42.5 Å². The Morgan fingerprint density at radius 3 is 2.55 bits per heavy atom. The SMILES string of the molecule is COc1ccccc1C(C)(N)Cc1ccc(C)cc1Cl. The highest BCUT2D eigenvalue weighted by atomic mass is 35.5. The molecule has 0 heterocycles. The van der Waals surface area contributed by atoms with E-state index >= 15 is 0 Å². The number of rotatable bonds is 4. The van der Waals surface area contributed by atoms with Crippen molar-refractivity contribution < 1.29 is 4.74 Å². The van der Waals surface area contributed by atoms with E-state index in [1.54, 1.807) is 7.11 Å². The molecular weight excluding hydrogens is 270 g/mol. The van der Waals surface area contributed by atoms with Crippen molar-refractivity contribution in [2.24, 2.45) is 5.73 Å². The van der Waals surface area contributed by atoms with Crippen molar-refractivity contribution >= 4 is 11.6 Å². The molecule has 20 heavy (non-hydrogen) atoms. The average molecular weight is 290 g/mol. The van der Waals surface area contributed by atoms with Crippen LogP contribution in [0.1, 0.15) is 23.6 Å². The Balaban J connectivity index is 2.35. The molecule has 2 aromatic rings. The molecule has 0 aliphatic carbocycles. The van der Waals surface area contributed by atoms with E-state index in [4.69, 9.17) is 22.1 Å². The molecule has 0 aromatic heterocycles. The van der Waals surface area contributed by atoms with Crippen LogP contribution >= 0.6 is 11.6 Å². The summed E-state index contributed by atoms with van der Waals surface area (Å²) in [5.74, 6) is 0.806. The Morgan fingerprint density at radius 1 is 1.20 bits per heavy atom. The van der Waals surface area contributed by atoms with E-state index in [9.17, 15) is 0 Å². The molecule has 2 rings (SSSR count). The monoisotopic (exact) mass is 289 g/mol. The first kappa shape index (κ1) is 14.9. The van der Waals surface area contributed by atoms with Crippen LogP contribution in [0.25, 0.3) is 0 Å². The minimum atomic E-state index is -0.536. The molecule has 0 saturated carbocycles. The first-order valence-electron chi connectivity index (χ1n) is 6.61. The van der Waals surface area contributed by atoms with Gasteiger partial charge in [-0.1, -0.05) is 41.9 Å². The highest BCUT2D eigenvalue weighted by Gasteiger charge is 2.26. The molecule has 106 valence electrons. The number of hydrogen-bond acceptors (Lipinski definition) is 2. The van der Waals surface area contributed by atoms with E-state index < -0.39 is 5.54 Å². The maximum absolute atomic E-state index is 6.51. The summed E-state index contributed by atoms with van der Waals surface area (Å²) in [7, 11) is 1.66. The Hall–Kier alpha value is -1.51. The molecule has 0 aliphatic rings. The summed E-state index contributed by atoms with van der Waals surface area (Å²) < 4.78 is 5.41. The van der Waals surface area contributed by atoms with Gasteiger partial charge in [0.1, 0.15) is 5.75 Å². The van der Waals surface area contributed by atoms with Crippen LogP contribution in [-0.2, 0) is 12.0 Å². The zero-order valence-corrected chi connectivity index (χ0v) is 12.9. The van der Waals surface area contributed by atoms with Gasteiger partial charge in [-0.3, -0.25) is 0 Å². The molecular formula is C17H20ClNO. The van der Waals surface area contributed by atoms with E-state index in [0.29, 0.717) is 6.42 Å². The lowest BCUT2D eigenvalue weighted by Gasteiger charge is -2.27. The third-order valence-corrected chi connectivity index (χ3v) is 3.84. The first-order chi connectivity index (χ1) is 9.44. The number of para-hydroxylation sites is 1. The van der Waals surface area contributed by atoms with E-state index in [0.717, 1.165) is 27.5 Å². The number of hydrogen-bond donors (Lipinski definition) is 1. The van der Waals surface area contributed by atoms with Gasteiger partial charge in [0.2, 0.25) is 0 Å².